The van der Waals surface area contributed by atoms with Gasteiger partial charge in [-0.1, -0.05) is 31.2 Å². The van der Waals surface area contributed by atoms with Crippen molar-refractivity contribution in [2.75, 3.05) is 26.7 Å². The van der Waals surface area contributed by atoms with Crippen molar-refractivity contribution < 1.29 is 14.5 Å². The summed E-state index contributed by atoms with van der Waals surface area (Å²) in [5.74, 6) is -0.261. The van der Waals surface area contributed by atoms with Crippen LogP contribution in [-0.2, 0) is 22.6 Å². The summed E-state index contributed by atoms with van der Waals surface area (Å²) in [4.78, 5) is 24.1. The van der Waals surface area contributed by atoms with Gasteiger partial charge in [0.25, 0.3) is 5.91 Å². The highest BCUT2D eigenvalue weighted by molar-refractivity contribution is 5.84. The molecular formula is C16H26N3O2+. The molecule has 1 atom stereocenters. The number of amides is 2. The van der Waals surface area contributed by atoms with Gasteiger partial charge in [0.05, 0.1) is 13.6 Å². The van der Waals surface area contributed by atoms with E-state index in [1.165, 1.54) is 11.1 Å². The molecule has 3 N–H and O–H groups in total. The highest BCUT2D eigenvalue weighted by Crippen LogP contribution is 2.03. The number of likely N-dealkylation sites (N-methyl/N-ethyl adjacent to an activating group) is 2. The monoisotopic (exact) mass is 292 g/mol. The minimum atomic E-state index is -0.154. The predicted octanol–water partition coefficient (Wildman–Crippen LogP) is -0.484. The number of carbonyl (C=O) groups is 2. The van der Waals surface area contributed by atoms with E-state index in [1.807, 2.05) is 14.0 Å². The molecule has 116 valence electrons. The predicted molar refractivity (Wildman–Crippen MR) is 83.0 cm³/mol. The molecule has 1 rings (SSSR count). The van der Waals surface area contributed by atoms with E-state index in [1.54, 1.807) is 0 Å². The number of aryl methyl sites for hydroxylation is 1. The zero-order chi connectivity index (χ0) is 15.7. The first-order valence-corrected chi connectivity index (χ1v) is 7.47. The second-order valence-electron chi connectivity index (χ2n) is 5.21. The van der Waals surface area contributed by atoms with Crippen LogP contribution in [0.4, 0.5) is 0 Å². The average Bonchev–Trinajstić information content (AvgIpc) is 2.46. The molecule has 0 bridgehead atoms. The van der Waals surface area contributed by atoms with Crippen LogP contribution in [0.2, 0.25) is 0 Å². The molecule has 0 aliphatic heterocycles. The van der Waals surface area contributed by atoms with Crippen molar-refractivity contribution in [2.45, 2.75) is 26.8 Å². The summed E-state index contributed by atoms with van der Waals surface area (Å²) >= 11 is 0. The number of carbonyl (C=O) groups excluding carboxylic acids is 2. The standard InChI is InChI=1S/C16H25N3O2/c1-4-13-6-8-14(9-7-13)11-19(3)12-16(21)18-10-15(20)17-5-2/h6-9H,4-5,10-12H2,1-3H3,(H,17,20)(H,18,21)/p+1. The van der Waals surface area contributed by atoms with Crippen LogP contribution < -0.4 is 15.5 Å². The van der Waals surface area contributed by atoms with Crippen molar-refractivity contribution in [3.63, 3.8) is 0 Å². The third-order valence-corrected chi connectivity index (χ3v) is 3.22. The van der Waals surface area contributed by atoms with Gasteiger partial charge < -0.3 is 15.5 Å². The second-order valence-corrected chi connectivity index (χ2v) is 5.21. The van der Waals surface area contributed by atoms with Crippen LogP contribution in [-0.4, -0.2) is 38.5 Å². The molecule has 0 aliphatic carbocycles. The number of benzene rings is 1. The molecule has 0 aliphatic rings. The van der Waals surface area contributed by atoms with Gasteiger partial charge in [-0.3, -0.25) is 9.59 Å². The van der Waals surface area contributed by atoms with Crippen LogP contribution in [0.25, 0.3) is 0 Å². The molecule has 0 spiro atoms. The topological polar surface area (TPSA) is 62.6 Å². The van der Waals surface area contributed by atoms with Crippen molar-refractivity contribution in [3.8, 4) is 0 Å². The summed E-state index contributed by atoms with van der Waals surface area (Å²) in [5.41, 5.74) is 2.53. The summed E-state index contributed by atoms with van der Waals surface area (Å²) in [6, 6.07) is 8.46. The summed E-state index contributed by atoms with van der Waals surface area (Å²) in [6.45, 7) is 5.75. The van der Waals surface area contributed by atoms with Crippen LogP contribution in [0.3, 0.4) is 0 Å². The van der Waals surface area contributed by atoms with Gasteiger partial charge in [-0.2, -0.15) is 0 Å². The Morgan fingerprint density at radius 2 is 1.62 bits per heavy atom. The maximum atomic E-state index is 11.7. The smallest absolute Gasteiger partial charge is 0.275 e. The molecule has 5 heteroatoms. The first-order valence-electron chi connectivity index (χ1n) is 7.47. The van der Waals surface area contributed by atoms with E-state index in [0.29, 0.717) is 13.1 Å². The molecule has 0 saturated heterocycles. The molecule has 21 heavy (non-hydrogen) atoms. The fourth-order valence-corrected chi connectivity index (χ4v) is 2.08. The fourth-order valence-electron chi connectivity index (χ4n) is 2.08. The van der Waals surface area contributed by atoms with Gasteiger partial charge in [0.15, 0.2) is 6.54 Å². The van der Waals surface area contributed by atoms with Crippen molar-refractivity contribution >= 4 is 11.8 Å². The van der Waals surface area contributed by atoms with Crippen molar-refractivity contribution in [2.24, 2.45) is 0 Å². The minimum absolute atomic E-state index is 0.0468. The average molecular weight is 292 g/mol. The zero-order valence-corrected chi connectivity index (χ0v) is 13.2. The Kier molecular flexibility index (Phi) is 7.46. The highest BCUT2D eigenvalue weighted by Gasteiger charge is 2.11. The lowest BCUT2D eigenvalue weighted by molar-refractivity contribution is -0.885. The molecule has 0 heterocycles. The van der Waals surface area contributed by atoms with E-state index in [2.05, 4.69) is 41.8 Å². The Morgan fingerprint density at radius 1 is 1.00 bits per heavy atom. The highest BCUT2D eigenvalue weighted by atomic mass is 16.2. The molecule has 1 aromatic carbocycles. The van der Waals surface area contributed by atoms with E-state index in [-0.39, 0.29) is 18.4 Å². The van der Waals surface area contributed by atoms with Crippen molar-refractivity contribution in [1.29, 1.82) is 0 Å². The number of rotatable bonds is 8. The molecule has 0 radical (unpaired) electrons. The van der Waals surface area contributed by atoms with Gasteiger partial charge in [-0.15, -0.1) is 0 Å². The van der Waals surface area contributed by atoms with E-state index < -0.39 is 0 Å². The van der Waals surface area contributed by atoms with Gasteiger partial charge in [-0.25, -0.2) is 0 Å². The normalized spacial score (nSPS) is 11.8. The van der Waals surface area contributed by atoms with Crippen LogP contribution in [0.15, 0.2) is 24.3 Å². The van der Waals surface area contributed by atoms with Crippen LogP contribution >= 0.6 is 0 Å². The Labute approximate surface area is 126 Å². The number of quaternary nitrogens is 1. The molecule has 0 saturated carbocycles. The number of hydrogen-bond donors (Lipinski definition) is 3. The number of hydrogen-bond acceptors (Lipinski definition) is 2. The molecule has 1 aromatic rings. The van der Waals surface area contributed by atoms with Crippen molar-refractivity contribution in [3.05, 3.63) is 35.4 Å². The van der Waals surface area contributed by atoms with E-state index >= 15 is 0 Å². The van der Waals surface area contributed by atoms with Gasteiger partial charge in [0.1, 0.15) is 6.54 Å². The Hall–Kier alpha value is -1.88. The molecule has 1 unspecified atom stereocenters. The van der Waals surface area contributed by atoms with Crippen molar-refractivity contribution in [1.82, 2.24) is 10.6 Å². The third kappa shape index (κ3) is 6.90. The van der Waals surface area contributed by atoms with Crippen LogP contribution in [0.5, 0.6) is 0 Å². The van der Waals surface area contributed by atoms with E-state index in [0.717, 1.165) is 17.9 Å². The van der Waals surface area contributed by atoms with Crippen LogP contribution in [0.1, 0.15) is 25.0 Å². The van der Waals surface area contributed by atoms with Gasteiger partial charge in [0, 0.05) is 12.1 Å². The Morgan fingerprint density at radius 3 is 2.19 bits per heavy atom. The summed E-state index contributed by atoms with van der Waals surface area (Å²) in [7, 11) is 1.97. The van der Waals surface area contributed by atoms with Gasteiger partial charge in [0.2, 0.25) is 5.91 Å². The lowest BCUT2D eigenvalue weighted by atomic mass is 10.1. The van der Waals surface area contributed by atoms with E-state index in [9.17, 15) is 9.59 Å². The SMILES string of the molecule is CCNC(=O)CNC(=O)C[NH+](C)Cc1ccc(CC)cc1. The van der Waals surface area contributed by atoms with E-state index in [4.69, 9.17) is 0 Å². The lowest BCUT2D eigenvalue weighted by Gasteiger charge is -2.14. The van der Waals surface area contributed by atoms with Gasteiger partial charge >= 0.3 is 0 Å². The second kappa shape index (κ2) is 9.13. The maximum Gasteiger partial charge on any atom is 0.275 e. The summed E-state index contributed by atoms with van der Waals surface area (Å²) in [6.07, 6.45) is 1.03. The first-order chi connectivity index (χ1) is 10.0. The third-order valence-electron chi connectivity index (χ3n) is 3.22. The van der Waals surface area contributed by atoms with Crippen LogP contribution in [0, 0.1) is 0 Å². The fraction of sp³-hybridized carbons (Fsp3) is 0.500. The first kappa shape index (κ1) is 17.2. The summed E-state index contributed by atoms with van der Waals surface area (Å²) in [5, 5.41) is 5.27. The largest absolute Gasteiger partial charge is 0.355 e. The Bertz CT molecular complexity index is 457. The number of nitrogens with one attached hydrogen (secondary N) is 3. The quantitative estimate of drug-likeness (QED) is 0.606. The zero-order valence-electron chi connectivity index (χ0n) is 13.2. The molecule has 0 aromatic heterocycles. The summed E-state index contributed by atoms with van der Waals surface area (Å²) < 4.78 is 0. The molecular weight excluding hydrogens is 266 g/mol. The lowest BCUT2D eigenvalue weighted by Crippen LogP contribution is -3.08. The minimum Gasteiger partial charge on any atom is -0.355 e. The Balaban J connectivity index is 2.33. The molecule has 5 nitrogen and oxygen atoms in total. The maximum absolute atomic E-state index is 11.7. The molecule has 0 fully saturated rings. The molecule has 2 amide bonds. The van der Waals surface area contributed by atoms with Gasteiger partial charge in [-0.05, 0) is 18.9 Å².